The number of aliphatic hydroxyl groups is 3. The molecule has 39 heavy (non-hydrogen) atoms. The van der Waals surface area contributed by atoms with Crippen molar-refractivity contribution in [3.8, 4) is 5.75 Å². The van der Waals surface area contributed by atoms with Crippen LogP contribution in [0.1, 0.15) is 24.5 Å². The van der Waals surface area contributed by atoms with Crippen molar-refractivity contribution in [2.75, 3.05) is 45.0 Å². The minimum Gasteiger partial charge on any atom is -0.508 e. The highest BCUT2D eigenvalue weighted by Crippen LogP contribution is 2.54. The second-order valence-electron chi connectivity index (χ2n) is 10.3. The zero-order valence-corrected chi connectivity index (χ0v) is 22.2. The summed E-state index contributed by atoms with van der Waals surface area (Å²) in [7, 11) is 6.51. The van der Waals surface area contributed by atoms with Crippen LogP contribution in [0, 0.1) is 11.8 Å². The van der Waals surface area contributed by atoms with Crippen LogP contribution in [0.4, 0.5) is 16.2 Å². The summed E-state index contributed by atoms with van der Waals surface area (Å²) in [5.41, 5.74) is 2.22. The average molecular weight is 545 g/mol. The topological polar surface area (TPSA) is 203 Å². The number of ketones is 2. The summed E-state index contributed by atoms with van der Waals surface area (Å²) in [6.07, 6.45) is -0.753. The van der Waals surface area contributed by atoms with E-state index >= 15 is 0 Å². The van der Waals surface area contributed by atoms with Gasteiger partial charge in [-0.25, -0.2) is 4.79 Å². The number of phenolic OH excluding ortho intramolecular Hbond substituents is 1. The molecule has 1 aromatic carbocycles. The predicted octanol–water partition coefficient (Wildman–Crippen LogP) is 0.598. The van der Waals surface area contributed by atoms with E-state index in [1.54, 1.807) is 25.9 Å². The van der Waals surface area contributed by atoms with Crippen molar-refractivity contribution in [3.63, 3.8) is 0 Å². The van der Waals surface area contributed by atoms with Crippen molar-refractivity contribution in [2.24, 2.45) is 17.6 Å². The number of nitrogens with two attached hydrogens (primary N) is 1. The zero-order chi connectivity index (χ0) is 29.1. The molecule has 3 aliphatic rings. The number of carbonyl (C=O) groups is 4. The van der Waals surface area contributed by atoms with Crippen molar-refractivity contribution in [3.05, 3.63) is 34.1 Å². The third-order valence-electron chi connectivity index (χ3n) is 7.69. The summed E-state index contributed by atoms with van der Waals surface area (Å²) in [6, 6.07) is 0.338. The van der Waals surface area contributed by atoms with E-state index in [9.17, 15) is 39.6 Å². The van der Waals surface area contributed by atoms with Gasteiger partial charge in [-0.2, -0.15) is 0 Å². The second-order valence-corrected chi connectivity index (χ2v) is 10.3. The molecule has 0 spiro atoms. The predicted molar refractivity (Wildman–Crippen MR) is 139 cm³/mol. The first kappa shape index (κ1) is 27.9. The Labute approximate surface area is 224 Å². The van der Waals surface area contributed by atoms with Gasteiger partial charge in [0, 0.05) is 31.3 Å². The van der Waals surface area contributed by atoms with E-state index in [0.717, 1.165) is 0 Å². The summed E-state index contributed by atoms with van der Waals surface area (Å²) in [5.74, 6) is -7.46. The lowest BCUT2D eigenvalue weighted by Crippen LogP contribution is -2.65. The number of amides is 2. The van der Waals surface area contributed by atoms with Crippen LogP contribution < -0.4 is 16.0 Å². The molecule has 4 rings (SSSR count). The molecule has 4 atom stereocenters. The highest BCUT2D eigenvalue weighted by molar-refractivity contribution is 6.24. The Morgan fingerprint density at radius 3 is 2.36 bits per heavy atom. The van der Waals surface area contributed by atoms with Gasteiger partial charge in [-0.1, -0.05) is 0 Å². The van der Waals surface area contributed by atoms with Gasteiger partial charge in [0.25, 0.3) is 5.91 Å². The maximum Gasteiger partial charge on any atom is 0.411 e. The number of hydrogen-bond acceptors (Lipinski definition) is 11. The quantitative estimate of drug-likeness (QED) is 0.224. The number of ether oxygens (including phenoxy) is 1. The number of nitrogens with zero attached hydrogens (tertiary/aromatic N) is 2. The average Bonchev–Trinajstić information content (AvgIpc) is 2.82. The fourth-order valence-corrected chi connectivity index (χ4v) is 6.06. The highest BCUT2D eigenvalue weighted by Gasteiger charge is 2.64. The van der Waals surface area contributed by atoms with Gasteiger partial charge in [-0.15, -0.1) is 0 Å². The third-order valence-corrected chi connectivity index (χ3v) is 7.69. The number of hydrogen-bond donors (Lipinski definition) is 6. The molecule has 0 radical (unpaired) electrons. The fraction of sp³-hybridized carbons (Fsp3) is 0.462. The van der Waals surface area contributed by atoms with Crippen molar-refractivity contribution in [1.29, 1.82) is 0 Å². The first-order valence-electron chi connectivity index (χ1n) is 12.3. The van der Waals surface area contributed by atoms with Crippen LogP contribution in [0.3, 0.4) is 0 Å². The fourth-order valence-electron chi connectivity index (χ4n) is 6.06. The van der Waals surface area contributed by atoms with E-state index in [0.29, 0.717) is 11.3 Å². The highest BCUT2D eigenvalue weighted by atomic mass is 16.5. The number of benzene rings is 1. The smallest absolute Gasteiger partial charge is 0.411 e. The van der Waals surface area contributed by atoms with E-state index in [4.69, 9.17) is 10.5 Å². The van der Waals surface area contributed by atoms with E-state index in [2.05, 4.69) is 5.32 Å². The largest absolute Gasteiger partial charge is 0.508 e. The Bertz CT molecular complexity index is 1360. The number of aromatic hydroxyl groups is 1. The van der Waals surface area contributed by atoms with Gasteiger partial charge in [0.15, 0.2) is 17.1 Å². The van der Waals surface area contributed by atoms with Crippen LogP contribution in [-0.4, -0.2) is 95.3 Å². The van der Waals surface area contributed by atoms with Gasteiger partial charge in [-0.3, -0.25) is 24.6 Å². The van der Waals surface area contributed by atoms with Crippen LogP contribution in [0.2, 0.25) is 0 Å². The molecule has 210 valence electrons. The first-order chi connectivity index (χ1) is 18.2. The van der Waals surface area contributed by atoms with Crippen molar-refractivity contribution in [2.45, 2.75) is 31.4 Å². The molecule has 0 saturated heterocycles. The Morgan fingerprint density at radius 1 is 1.18 bits per heavy atom. The number of anilines is 2. The summed E-state index contributed by atoms with van der Waals surface area (Å²) in [6.45, 7) is 1.68. The standard InChI is InChI=1S/C26H32N4O9/c1-6-39-25(37)28-13-9-14(29(2)3)11-7-10-8-12-18(30(4)5)21(33)17(24(27)36)23(35)26(12,38)22(34)15(10)20(32)16(11)19(13)31/h9-10,12,18,31-32,35,38H,6-8H2,1-5H3,(H2,27,36)(H,28,37)/t10-,12+,18+,26+/m1/s1. The van der Waals surface area contributed by atoms with Gasteiger partial charge in [0.1, 0.15) is 17.1 Å². The molecule has 2 amide bonds. The summed E-state index contributed by atoms with van der Waals surface area (Å²) < 4.78 is 4.89. The lowest BCUT2D eigenvalue weighted by molar-refractivity contribution is -0.153. The Hall–Kier alpha value is -4.10. The molecule has 3 aliphatic carbocycles. The van der Waals surface area contributed by atoms with Crippen LogP contribution in [-0.2, 0) is 25.5 Å². The molecular weight excluding hydrogens is 512 g/mol. The number of primary amides is 1. The maximum absolute atomic E-state index is 13.9. The molecular formula is C26H32N4O9. The Morgan fingerprint density at radius 2 is 1.82 bits per heavy atom. The summed E-state index contributed by atoms with van der Waals surface area (Å²) >= 11 is 0. The molecule has 0 unspecified atom stereocenters. The lowest BCUT2D eigenvalue weighted by atomic mass is 9.57. The number of aliphatic hydroxyl groups excluding tert-OH is 2. The van der Waals surface area contributed by atoms with Crippen molar-refractivity contribution < 1.29 is 44.3 Å². The first-order valence-corrected chi connectivity index (χ1v) is 12.3. The van der Waals surface area contributed by atoms with Crippen molar-refractivity contribution in [1.82, 2.24) is 4.90 Å². The van der Waals surface area contributed by atoms with Crippen LogP contribution in [0.25, 0.3) is 5.76 Å². The molecule has 0 aromatic heterocycles. The molecule has 13 heteroatoms. The monoisotopic (exact) mass is 544 g/mol. The summed E-state index contributed by atoms with van der Waals surface area (Å²) in [4.78, 5) is 54.4. The van der Waals surface area contributed by atoms with Gasteiger partial charge in [0.05, 0.1) is 23.9 Å². The molecule has 0 bridgehead atoms. The number of likely N-dealkylation sites (N-methyl/N-ethyl adjacent to an activating group) is 1. The Kier molecular flexibility index (Phi) is 6.86. The zero-order valence-electron chi connectivity index (χ0n) is 22.2. The van der Waals surface area contributed by atoms with E-state index in [-0.39, 0.29) is 36.3 Å². The van der Waals surface area contributed by atoms with Crippen LogP contribution in [0.15, 0.2) is 23.0 Å². The van der Waals surface area contributed by atoms with Gasteiger partial charge in [-0.05, 0) is 51.4 Å². The minimum atomic E-state index is -2.73. The molecule has 0 heterocycles. The van der Waals surface area contributed by atoms with E-state index < -0.39 is 69.9 Å². The minimum absolute atomic E-state index is 0.0256. The number of Topliss-reactive ketones (excluding diaryl/α,β-unsaturated/α-hetero) is 2. The number of fused-ring (bicyclic) bond motifs is 3. The van der Waals surface area contributed by atoms with Gasteiger partial charge in [0.2, 0.25) is 5.78 Å². The molecule has 1 saturated carbocycles. The normalized spacial score (nSPS) is 26.2. The molecule has 0 aliphatic heterocycles. The third kappa shape index (κ3) is 4.00. The maximum atomic E-state index is 13.9. The number of nitrogens with one attached hydrogen (secondary N) is 1. The molecule has 13 nitrogen and oxygen atoms in total. The number of phenols is 1. The SMILES string of the molecule is CCOC(=O)Nc1cc(N(C)C)c2c(c1O)C(O)=C1C(=O)[C@]3(O)C(O)=C(C(N)=O)C(=O)[C@@H](N(C)C)[C@@H]3C[C@H]1C2. The lowest BCUT2D eigenvalue weighted by Gasteiger charge is -2.50. The molecule has 1 aromatic rings. The van der Waals surface area contributed by atoms with Crippen molar-refractivity contribution >= 4 is 40.7 Å². The van der Waals surface area contributed by atoms with Crippen LogP contribution >= 0.6 is 0 Å². The van der Waals surface area contributed by atoms with Gasteiger partial charge >= 0.3 is 6.09 Å². The second kappa shape index (κ2) is 9.58. The number of carbonyl (C=O) groups excluding carboxylic acids is 4. The molecule has 7 N–H and O–H groups in total. The summed E-state index contributed by atoms with van der Waals surface area (Å²) in [5, 5.41) is 47.5. The van der Waals surface area contributed by atoms with Crippen LogP contribution in [0.5, 0.6) is 5.75 Å². The van der Waals surface area contributed by atoms with Gasteiger partial charge < -0.3 is 35.8 Å². The Balaban J connectivity index is 1.97. The number of rotatable bonds is 5. The van der Waals surface area contributed by atoms with E-state index in [1.165, 1.54) is 25.1 Å². The molecule has 1 fully saturated rings. The van der Waals surface area contributed by atoms with E-state index in [1.807, 2.05) is 0 Å².